The molecule has 0 radical (unpaired) electrons. The SMILES string of the molecule is CC/C=C\C/C=C\C/C=C\C/C=C\C/C=C\C/C=C\C/C=C\C/C=C\C/C=C\C/C=C\CCCCCCC(=O)OCC(COC(=O)CCCCCCCCCCC)OC(=O)CCCCCCCC/C=C\C/C=C\C/C=C\CCCCC. The van der Waals surface area contributed by atoms with Gasteiger partial charge < -0.3 is 14.2 Å². The molecule has 0 rings (SSSR count). The summed E-state index contributed by atoms with van der Waals surface area (Å²) in [6, 6.07) is 0. The van der Waals surface area contributed by atoms with E-state index in [1.54, 1.807) is 0 Å². The molecule has 0 bridgehead atoms. The molecule has 0 saturated carbocycles. The largest absolute Gasteiger partial charge is 0.462 e. The number of carbonyl (C=O) groups is 3. The third-order valence-electron chi connectivity index (χ3n) is 13.5. The summed E-state index contributed by atoms with van der Waals surface area (Å²) in [6.07, 6.45) is 98.3. The number of esters is 3. The second kappa shape index (κ2) is 67.5. The molecule has 0 aliphatic rings. The molecule has 0 heterocycles. The first kappa shape index (κ1) is 76.0. The van der Waals surface area contributed by atoms with Crippen molar-refractivity contribution in [1.29, 1.82) is 0 Å². The van der Waals surface area contributed by atoms with Gasteiger partial charge in [-0.2, -0.15) is 0 Å². The van der Waals surface area contributed by atoms with Crippen LogP contribution in [0, 0.1) is 0 Å². The van der Waals surface area contributed by atoms with E-state index in [2.05, 4.69) is 179 Å². The fraction of sp³-hybridized carbons (Fsp3) is 0.613. The molecule has 0 amide bonds. The minimum absolute atomic E-state index is 0.0952. The molecule has 456 valence electrons. The second-order valence-electron chi connectivity index (χ2n) is 21.3. The normalized spacial score (nSPS) is 13.2. The van der Waals surface area contributed by atoms with E-state index < -0.39 is 6.10 Å². The molecule has 1 unspecified atom stereocenters. The second-order valence-corrected chi connectivity index (χ2v) is 21.3. The molecule has 0 aliphatic heterocycles. The van der Waals surface area contributed by atoms with Gasteiger partial charge in [-0.3, -0.25) is 14.4 Å². The van der Waals surface area contributed by atoms with Crippen LogP contribution in [0.1, 0.15) is 278 Å². The summed E-state index contributed by atoms with van der Waals surface area (Å²) < 4.78 is 16.8. The Balaban J connectivity index is 4.29. The molecule has 1 atom stereocenters. The summed E-state index contributed by atoms with van der Waals surface area (Å²) in [5, 5.41) is 0. The molecular weight excluding hydrogens is 997 g/mol. The minimum atomic E-state index is -0.801. The number of unbranched alkanes of at least 4 members (excludes halogenated alkanes) is 21. The highest BCUT2D eigenvalue weighted by atomic mass is 16.6. The lowest BCUT2D eigenvalue weighted by Crippen LogP contribution is -2.30. The van der Waals surface area contributed by atoms with Crippen LogP contribution in [0.15, 0.2) is 158 Å². The molecule has 6 nitrogen and oxygen atoms in total. The third-order valence-corrected chi connectivity index (χ3v) is 13.5. The zero-order valence-electron chi connectivity index (χ0n) is 52.2. The van der Waals surface area contributed by atoms with Gasteiger partial charge in [0.2, 0.25) is 0 Å². The zero-order valence-corrected chi connectivity index (χ0v) is 52.2. The monoisotopic (exact) mass is 1120 g/mol. The number of hydrogen-bond acceptors (Lipinski definition) is 6. The van der Waals surface area contributed by atoms with Crippen molar-refractivity contribution in [1.82, 2.24) is 0 Å². The van der Waals surface area contributed by atoms with Crippen molar-refractivity contribution in [3.05, 3.63) is 158 Å². The molecule has 0 aliphatic carbocycles. The van der Waals surface area contributed by atoms with Crippen LogP contribution in [0.25, 0.3) is 0 Å². The van der Waals surface area contributed by atoms with E-state index in [1.807, 2.05) is 0 Å². The highest BCUT2D eigenvalue weighted by molar-refractivity contribution is 5.71. The predicted molar refractivity (Wildman–Crippen MR) is 352 cm³/mol. The molecule has 0 fully saturated rings. The summed E-state index contributed by atoms with van der Waals surface area (Å²) >= 11 is 0. The Bertz CT molecular complexity index is 1810. The van der Waals surface area contributed by atoms with Crippen molar-refractivity contribution >= 4 is 17.9 Å². The first-order valence-electron chi connectivity index (χ1n) is 33.0. The van der Waals surface area contributed by atoms with Crippen LogP contribution in [-0.4, -0.2) is 37.2 Å². The van der Waals surface area contributed by atoms with Crippen molar-refractivity contribution in [2.75, 3.05) is 13.2 Å². The first-order valence-corrected chi connectivity index (χ1v) is 33.0. The van der Waals surface area contributed by atoms with Crippen LogP contribution in [0.3, 0.4) is 0 Å². The highest BCUT2D eigenvalue weighted by Gasteiger charge is 2.19. The average Bonchev–Trinajstić information content (AvgIpc) is 3.47. The van der Waals surface area contributed by atoms with Gasteiger partial charge in [0.05, 0.1) is 0 Å². The van der Waals surface area contributed by atoms with Crippen LogP contribution >= 0.6 is 0 Å². The standard InChI is InChI=1S/C75H120O6/c1-4-7-10-13-16-19-21-23-25-27-29-30-31-32-33-34-35-36-37-38-39-40-41-42-43-44-46-47-49-51-53-56-59-62-65-68-74(77)80-71-72(70-79-73(76)67-64-61-58-55-18-15-12-9-6-3)81-75(78)69-66-63-60-57-54-52-50-48-45-28-26-24-22-20-17-14-11-8-5-2/h7,10,16-17,19-20,23-26,29-30,32-33,35-36,38-39,41-42,44-46,48-49,51,72H,4-6,8-9,11-15,18,21-22,27-28,31,34,37,40,43,47,50,52-71H2,1-3H3/b10-7-,19-16-,20-17-,25-23-,26-24-,30-29-,33-32-,36-35-,39-38-,42-41-,46-44-,48-45-,51-49-. The molecule has 0 N–H and O–H groups in total. The number of ether oxygens (including phenoxy) is 3. The zero-order chi connectivity index (χ0) is 58.5. The lowest BCUT2D eigenvalue weighted by molar-refractivity contribution is -0.167. The van der Waals surface area contributed by atoms with E-state index in [9.17, 15) is 14.4 Å². The third kappa shape index (κ3) is 65.7. The van der Waals surface area contributed by atoms with Gasteiger partial charge in [-0.25, -0.2) is 0 Å². The molecule has 0 aromatic rings. The van der Waals surface area contributed by atoms with Gasteiger partial charge in [-0.15, -0.1) is 0 Å². The van der Waals surface area contributed by atoms with Crippen LogP contribution < -0.4 is 0 Å². The Morgan fingerprint density at radius 2 is 0.481 bits per heavy atom. The van der Waals surface area contributed by atoms with E-state index in [1.165, 1.54) is 77.0 Å². The van der Waals surface area contributed by atoms with E-state index >= 15 is 0 Å². The summed E-state index contributed by atoms with van der Waals surface area (Å²) in [7, 11) is 0. The highest BCUT2D eigenvalue weighted by Crippen LogP contribution is 2.14. The number of hydrogen-bond donors (Lipinski definition) is 0. The maximum Gasteiger partial charge on any atom is 0.306 e. The van der Waals surface area contributed by atoms with Gasteiger partial charge in [0.15, 0.2) is 6.10 Å². The van der Waals surface area contributed by atoms with Crippen LogP contribution in [0.5, 0.6) is 0 Å². The van der Waals surface area contributed by atoms with Crippen LogP contribution in [0.4, 0.5) is 0 Å². The maximum absolute atomic E-state index is 12.9. The summed E-state index contributed by atoms with van der Waals surface area (Å²) in [5.74, 6) is -0.939. The molecule has 0 saturated heterocycles. The van der Waals surface area contributed by atoms with Gasteiger partial charge in [-0.05, 0) is 135 Å². The Labute approximate surface area is 499 Å². The van der Waals surface area contributed by atoms with Crippen molar-refractivity contribution in [3.63, 3.8) is 0 Å². The van der Waals surface area contributed by atoms with E-state index in [4.69, 9.17) is 14.2 Å². The Morgan fingerprint density at radius 1 is 0.259 bits per heavy atom. The summed E-state index contributed by atoms with van der Waals surface area (Å²) in [6.45, 7) is 6.44. The average molecular weight is 1120 g/mol. The van der Waals surface area contributed by atoms with Gasteiger partial charge in [0.1, 0.15) is 13.2 Å². The number of rotatable bonds is 58. The predicted octanol–water partition coefficient (Wildman–Crippen LogP) is 22.9. The molecule has 0 spiro atoms. The molecular formula is C75H120O6. The Kier molecular flexibility index (Phi) is 63.4. The van der Waals surface area contributed by atoms with Gasteiger partial charge >= 0.3 is 17.9 Å². The maximum atomic E-state index is 12.9. The van der Waals surface area contributed by atoms with Crippen molar-refractivity contribution in [2.24, 2.45) is 0 Å². The van der Waals surface area contributed by atoms with Crippen molar-refractivity contribution in [3.8, 4) is 0 Å². The Hall–Kier alpha value is -4.97. The van der Waals surface area contributed by atoms with Gasteiger partial charge in [0, 0.05) is 19.3 Å². The fourth-order valence-electron chi connectivity index (χ4n) is 8.59. The smallest absolute Gasteiger partial charge is 0.306 e. The topological polar surface area (TPSA) is 78.9 Å². The van der Waals surface area contributed by atoms with Crippen molar-refractivity contribution in [2.45, 2.75) is 284 Å². The van der Waals surface area contributed by atoms with Crippen molar-refractivity contribution < 1.29 is 28.6 Å². The molecule has 6 heteroatoms. The Morgan fingerprint density at radius 3 is 0.778 bits per heavy atom. The number of allylic oxidation sites excluding steroid dienone is 26. The first-order chi connectivity index (χ1) is 40.0. The van der Waals surface area contributed by atoms with E-state index in [0.717, 1.165) is 161 Å². The number of carbonyl (C=O) groups excluding carboxylic acids is 3. The lowest BCUT2D eigenvalue weighted by atomic mass is 10.1. The van der Waals surface area contributed by atoms with Crippen LogP contribution in [-0.2, 0) is 28.6 Å². The van der Waals surface area contributed by atoms with Gasteiger partial charge in [-0.1, -0.05) is 281 Å². The fourth-order valence-corrected chi connectivity index (χ4v) is 8.59. The van der Waals surface area contributed by atoms with Crippen LogP contribution in [0.2, 0.25) is 0 Å². The van der Waals surface area contributed by atoms with Gasteiger partial charge in [0.25, 0.3) is 0 Å². The quantitative estimate of drug-likeness (QED) is 0.0261. The summed E-state index contributed by atoms with van der Waals surface area (Å²) in [5.41, 5.74) is 0. The molecule has 0 aromatic carbocycles. The summed E-state index contributed by atoms with van der Waals surface area (Å²) in [4.78, 5) is 38.2. The molecule has 0 aromatic heterocycles. The minimum Gasteiger partial charge on any atom is -0.462 e. The van der Waals surface area contributed by atoms with E-state index in [-0.39, 0.29) is 31.1 Å². The lowest BCUT2D eigenvalue weighted by Gasteiger charge is -2.18. The van der Waals surface area contributed by atoms with E-state index in [0.29, 0.717) is 19.3 Å². The molecule has 81 heavy (non-hydrogen) atoms.